The molecule has 4 N–H and O–H groups in total. The van der Waals surface area contributed by atoms with Crippen molar-refractivity contribution in [3.8, 4) is 23.0 Å². The van der Waals surface area contributed by atoms with Gasteiger partial charge in [-0.3, -0.25) is 9.98 Å². The van der Waals surface area contributed by atoms with Crippen molar-refractivity contribution in [2.75, 3.05) is 26.2 Å². The van der Waals surface area contributed by atoms with Crippen LogP contribution in [-0.2, 0) is 0 Å². The summed E-state index contributed by atoms with van der Waals surface area (Å²) >= 11 is 0. The van der Waals surface area contributed by atoms with E-state index in [1.54, 1.807) is 0 Å². The van der Waals surface area contributed by atoms with Gasteiger partial charge in [-0.25, -0.2) is 15.0 Å². The van der Waals surface area contributed by atoms with Gasteiger partial charge in [0.05, 0.1) is 35.2 Å². The fourth-order valence-electron chi connectivity index (χ4n) is 4.44. The van der Waals surface area contributed by atoms with Gasteiger partial charge >= 0.3 is 0 Å². The van der Waals surface area contributed by atoms with Gasteiger partial charge in [0.15, 0.2) is 11.6 Å². The van der Waals surface area contributed by atoms with Crippen molar-refractivity contribution in [3.05, 3.63) is 65.7 Å². The number of H-pyrrole nitrogens is 2. The standard InChI is InChI=1S/C25H21N9/c1-2-18(24-31-16-6-4-14(12-20(16)33-24)22-26-8-9-27-22)30-19(3-1)25-32-17-7-5-15(13-21(17)34-25)23-28-10-11-29-23/h1-7,12-13H,8-11H2,(H,26,27)(H,28,29)(H,31,33)(H,32,34). The molecule has 5 aromatic rings. The van der Waals surface area contributed by atoms with Gasteiger partial charge in [0.25, 0.3) is 0 Å². The summed E-state index contributed by atoms with van der Waals surface area (Å²) in [4.78, 5) is 30.2. The highest BCUT2D eigenvalue weighted by Gasteiger charge is 2.14. The third-order valence-electron chi connectivity index (χ3n) is 6.09. The first kappa shape index (κ1) is 19.0. The van der Waals surface area contributed by atoms with Crippen LogP contribution in [0.2, 0.25) is 0 Å². The molecule has 0 fully saturated rings. The van der Waals surface area contributed by atoms with E-state index >= 15 is 0 Å². The molecule has 5 heterocycles. The number of imidazole rings is 2. The summed E-state index contributed by atoms with van der Waals surface area (Å²) in [7, 11) is 0. The van der Waals surface area contributed by atoms with Gasteiger partial charge in [-0.15, -0.1) is 0 Å². The van der Waals surface area contributed by atoms with E-state index in [9.17, 15) is 0 Å². The van der Waals surface area contributed by atoms with Crippen LogP contribution in [0, 0.1) is 0 Å². The Balaban J connectivity index is 1.23. The number of aliphatic imine (C=N–C) groups is 2. The molecule has 3 aromatic heterocycles. The molecule has 166 valence electrons. The molecular weight excluding hydrogens is 426 g/mol. The molecule has 2 aliphatic heterocycles. The highest BCUT2D eigenvalue weighted by atomic mass is 15.1. The molecule has 0 saturated carbocycles. The van der Waals surface area contributed by atoms with Crippen LogP contribution in [0.3, 0.4) is 0 Å². The summed E-state index contributed by atoms with van der Waals surface area (Å²) in [6.07, 6.45) is 0. The number of nitrogens with one attached hydrogen (secondary N) is 4. The van der Waals surface area contributed by atoms with Crippen molar-refractivity contribution in [1.29, 1.82) is 0 Å². The molecule has 9 heteroatoms. The lowest BCUT2D eigenvalue weighted by molar-refractivity contribution is 0.960. The molecule has 0 aliphatic carbocycles. The molecule has 2 aliphatic rings. The third-order valence-corrected chi connectivity index (χ3v) is 6.09. The highest BCUT2D eigenvalue weighted by Crippen LogP contribution is 2.25. The first-order chi connectivity index (χ1) is 16.8. The Morgan fingerprint density at radius 3 is 1.59 bits per heavy atom. The molecule has 9 nitrogen and oxygen atoms in total. The van der Waals surface area contributed by atoms with E-state index in [0.717, 1.165) is 94.1 Å². The van der Waals surface area contributed by atoms with E-state index in [1.807, 2.05) is 42.5 Å². The first-order valence-electron chi connectivity index (χ1n) is 11.3. The Hall–Kier alpha value is -4.53. The molecule has 0 atom stereocenters. The topological polar surface area (TPSA) is 119 Å². The van der Waals surface area contributed by atoms with E-state index in [-0.39, 0.29) is 0 Å². The maximum atomic E-state index is 4.84. The zero-order valence-corrected chi connectivity index (χ0v) is 18.3. The van der Waals surface area contributed by atoms with E-state index in [2.05, 4.69) is 42.7 Å². The van der Waals surface area contributed by atoms with Crippen LogP contribution in [0.1, 0.15) is 11.1 Å². The number of nitrogens with zero attached hydrogens (tertiary/aromatic N) is 5. The van der Waals surface area contributed by atoms with Crippen LogP contribution in [0.25, 0.3) is 45.1 Å². The largest absolute Gasteiger partial charge is 0.368 e. The van der Waals surface area contributed by atoms with Gasteiger partial charge in [-0.1, -0.05) is 6.07 Å². The van der Waals surface area contributed by atoms with Crippen molar-refractivity contribution in [1.82, 2.24) is 35.6 Å². The second-order valence-electron chi connectivity index (χ2n) is 8.36. The summed E-state index contributed by atoms with van der Waals surface area (Å²) in [5.41, 5.74) is 7.33. The van der Waals surface area contributed by atoms with Crippen molar-refractivity contribution in [2.24, 2.45) is 9.98 Å². The fraction of sp³-hybridized carbons (Fsp3) is 0.160. The molecule has 7 rings (SSSR count). The number of aromatic nitrogens is 5. The quantitative estimate of drug-likeness (QED) is 0.338. The Labute approximate surface area is 194 Å². The number of rotatable bonds is 4. The monoisotopic (exact) mass is 447 g/mol. The zero-order chi connectivity index (χ0) is 22.5. The number of hydrogen-bond acceptors (Lipinski definition) is 7. The van der Waals surface area contributed by atoms with Gasteiger partial charge in [-0.05, 0) is 48.5 Å². The average molecular weight is 448 g/mol. The highest BCUT2D eigenvalue weighted by molar-refractivity contribution is 6.03. The number of amidine groups is 2. The first-order valence-corrected chi connectivity index (χ1v) is 11.3. The Morgan fingerprint density at radius 1 is 0.588 bits per heavy atom. The van der Waals surface area contributed by atoms with Gasteiger partial charge in [-0.2, -0.15) is 0 Å². The Morgan fingerprint density at radius 2 is 1.12 bits per heavy atom. The average Bonchev–Trinajstić information content (AvgIpc) is 3.69. The summed E-state index contributed by atoms with van der Waals surface area (Å²) in [5, 5.41) is 6.63. The van der Waals surface area contributed by atoms with E-state index in [0.29, 0.717) is 0 Å². The molecule has 2 aromatic carbocycles. The third kappa shape index (κ3) is 3.21. The van der Waals surface area contributed by atoms with Gasteiger partial charge in [0.1, 0.15) is 23.1 Å². The minimum absolute atomic E-state index is 0.721. The van der Waals surface area contributed by atoms with E-state index < -0.39 is 0 Å². The van der Waals surface area contributed by atoms with Crippen molar-refractivity contribution < 1.29 is 0 Å². The molecular formula is C25H21N9. The maximum absolute atomic E-state index is 4.84. The van der Waals surface area contributed by atoms with Crippen LogP contribution in [0.4, 0.5) is 0 Å². The van der Waals surface area contributed by atoms with Gasteiger partial charge in [0, 0.05) is 24.2 Å². The smallest absolute Gasteiger partial charge is 0.157 e. The summed E-state index contributed by atoms with van der Waals surface area (Å²) in [6.45, 7) is 3.39. The predicted molar refractivity (Wildman–Crippen MR) is 133 cm³/mol. The minimum atomic E-state index is 0.721. The molecule has 0 unspecified atom stereocenters. The minimum Gasteiger partial charge on any atom is -0.368 e. The number of aromatic amines is 2. The van der Waals surface area contributed by atoms with Crippen molar-refractivity contribution >= 4 is 33.7 Å². The SMILES string of the molecule is c1cc(-c2nc3ccc(C4=NCCN4)cc3[nH]2)nc(-c2nc3ccc(C4=NCCN4)cc3[nH]2)c1. The maximum Gasteiger partial charge on any atom is 0.157 e. The molecule has 0 saturated heterocycles. The second-order valence-corrected chi connectivity index (χ2v) is 8.36. The summed E-state index contributed by atoms with van der Waals surface area (Å²) < 4.78 is 0. The van der Waals surface area contributed by atoms with Crippen LogP contribution < -0.4 is 10.6 Å². The number of hydrogen-bond donors (Lipinski definition) is 4. The summed E-state index contributed by atoms with van der Waals surface area (Å²) in [5.74, 6) is 3.31. The lowest BCUT2D eigenvalue weighted by Gasteiger charge is -2.01. The number of benzene rings is 2. The summed E-state index contributed by atoms with van der Waals surface area (Å²) in [6, 6.07) is 18.1. The molecule has 0 spiro atoms. The van der Waals surface area contributed by atoms with E-state index in [1.165, 1.54) is 0 Å². The number of pyridine rings is 1. The van der Waals surface area contributed by atoms with Gasteiger partial charge < -0.3 is 20.6 Å². The molecule has 34 heavy (non-hydrogen) atoms. The molecule has 0 radical (unpaired) electrons. The fourth-order valence-corrected chi connectivity index (χ4v) is 4.44. The number of fused-ring (bicyclic) bond motifs is 2. The van der Waals surface area contributed by atoms with Crippen LogP contribution in [-0.4, -0.2) is 62.8 Å². The normalized spacial score (nSPS) is 15.4. The molecule has 0 bridgehead atoms. The zero-order valence-electron chi connectivity index (χ0n) is 18.3. The predicted octanol–water partition coefficient (Wildman–Crippen LogP) is 2.87. The second kappa shape index (κ2) is 7.51. The Bertz CT molecular complexity index is 1510. The van der Waals surface area contributed by atoms with Crippen LogP contribution in [0.5, 0.6) is 0 Å². The van der Waals surface area contributed by atoms with Crippen molar-refractivity contribution in [2.45, 2.75) is 0 Å². The van der Waals surface area contributed by atoms with Gasteiger partial charge in [0.2, 0.25) is 0 Å². The molecule has 0 amide bonds. The van der Waals surface area contributed by atoms with Crippen LogP contribution >= 0.6 is 0 Å². The van der Waals surface area contributed by atoms with E-state index in [4.69, 9.17) is 15.0 Å². The Kier molecular flexibility index (Phi) is 4.20. The lowest BCUT2D eigenvalue weighted by Crippen LogP contribution is -2.19. The van der Waals surface area contributed by atoms with Crippen LogP contribution in [0.15, 0.2) is 64.6 Å². The van der Waals surface area contributed by atoms with Crippen molar-refractivity contribution in [3.63, 3.8) is 0 Å². The lowest BCUT2D eigenvalue weighted by atomic mass is 10.2.